The van der Waals surface area contributed by atoms with Gasteiger partial charge in [-0.15, -0.1) is 0 Å². The van der Waals surface area contributed by atoms with Gasteiger partial charge in [-0.05, 0) is 31.9 Å². The molecular formula is C12H21NO2. The van der Waals surface area contributed by atoms with Crippen LogP contribution in [0.3, 0.4) is 0 Å². The van der Waals surface area contributed by atoms with Gasteiger partial charge < -0.3 is 14.8 Å². The highest BCUT2D eigenvalue weighted by Gasteiger charge is 2.12. The molecule has 1 rings (SSSR count). The molecule has 0 saturated carbocycles. The largest absolute Gasteiger partial charge is 0.464 e. The molecule has 0 aliphatic carbocycles. The smallest absolute Gasteiger partial charge is 0.133 e. The lowest BCUT2D eigenvalue weighted by Gasteiger charge is -2.16. The predicted molar refractivity (Wildman–Crippen MR) is 60.8 cm³/mol. The highest BCUT2D eigenvalue weighted by Crippen LogP contribution is 2.15. The van der Waals surface area contributed by atoms with Crippen molar-refractivity contribution < 1.29 is 9.52 Å². The zero-order valence-corrected chi connectivity index (χ0v) is 9.79. The van der Waals surface area contributed by atoms with Crippen LogP contribution in [0.25, 0.3) is 0 Å². The van der Waals surface area contributed by atoms with Crippen LogP contribution in [0.2, 0.25) is 0 Å². The van der Waals surface area contributed by atoms with Crippen LogP contribution in [0, 0.1) is 6.92 Å². The third-order valence-electron chi connectivity index (χ3n) is 2.68. The molecular weight excluding hydrogens is 190 g/mol. The zero-order chi connectivity index (χ0) is 11.3. The highest BCUT2D eigenvalue weighted by atomic mass is 16.4. The Morgan fingerprint density at radius 2 is 2.00 bits per heavy atom. The van der Waals surface area contributed by atoms with E-state index in [4.69, 9.17) is 4.42 Å². The molecule has 0 aliphatic rings. The third kappa shape index (κ3) is 3.68. The molecule has 1 atom stereocenters. The second kappa shape index (κ2) is 5.93. The van der Waals surface area contributed by atoms with Gasteiger partial charge in [-0.1, -0.05) is 13.8 Å². The Labute approximate surface area is 91.5 Å². The molecule has 3 nitrogen and oxygen atoms in total. The van der Waals surface area contributed by atoms with E-state index in [9.17, 15) is 5.11 Å². The fourth-order valence-corrected chi connectivity index (χ4v) is 1.59. The van der Waals surface area contributed by atoms with E-state index in [1.165, 1.54) is 0 Å². The first-order valence-electron chi connectivity index (χ1n) is 5.65. The summed E-state index contributed by atoms with van der Waals surface area (Å²) in [6.07, 6.45) is 1.63. The van der Waals surface area contributed by atoms with E-state index in [0.717, 1.165) is 18.6 Å². The quantitative estimate of drug-likeness (QED) is 0.759. The van der Waals surface area contributed by atoms with Crippen molar-refractivity contribution in [3.05, 3.63) is 23.7 Å². The maximum atomic E-state index is 9.82. The lowest BCUT2D eigenvalue weighted by Crippen LogP contribution is -2.31. The van der Waals surface area contributed by atoms with E-state index >= 15 is 0 Å². The minimum absolute atomic E-state index is 0.482. The Morgan fingerprint density at radius 3 is 2.47 bits per heavy atom. The maximum Gasteiger partial charge on any atom is 0.133 e. The van der Waals surface area contributed by atoms with E-state index in [0.29, 0.717) is 18.3 Å². The SMILES string of the molecule is CCC(CC)NCC(O)c1ccc(C)o1. The van der Waals surface area contributed by atoms with Gasteiger partial charge in [-0.3, -0.25) is 0 Å². The molecule has 3 heteroatoms. The van der Waals surface area contributed by atoms with Crippen molar-refractivity contribution in [2.45, 2.75) is 45.8 Å². The van der Waals surface area contributed by atoms with Crippen molar-refractivity contribution in [3.8, 4) is 0 Å². The van der Waals surface area contributed by atoms with Crippen LogP contribution in [0.4, 0.5) is 0 Å². The van der Waals surface area contributed by atoms with Crippen LogP contribution in [-0.2, 0) is 0 Å². The lowest BCUT2D eigenvalue weighted by atomic mass is 10.1. The molecule has 86 valence electrons. The first-order chi connectivity index (χ1) is 7.17. The van der Waals surface area contributed by atoms with Gasteiger partial charge in [0.2, 0.25) is 0 Å². The normalized spacial score (nSPS) is 13.4. The standard InChI is InChI=1S/C12H21NO2/c1-4-10(5-2)13-8-11(14)12-7-6-9(3)15-12/h6-7,10-11,13-14H,4-5,8H2,1-3H3. The Kier molecular flexibility index (Phi) is 4.85. The van der Waals surface area contributed by atoms with Crippen LogP contribution < -0.4 is 5.32 Å². The van der Waals surface area contributed by atoms with Crippen LogP contribution in [-0.4, -0.2) is 17.7 Å². The van der Waals surface area contributed by atoms with E-state index in [1.807, 2.05) is 19.1 Å². The van der Waals surface area contributed by atoms with Gasteiger partial charge in [0.25, 0.3) is 0 Å². The number of aryl methyl sites for hydroxylation is 1. The molecule has 1 unspecified atom stereocenters. The average molecular weight is 211 g/mol. The molecule has 0 aromatic carbocycles. The van der Waals surface area contributed by atoms with Gasteiger partial charge in [0, 0.05) is 12.6 Å². The second-order valence-corrected chi connectivity index (χ2v) is 3.89. The van der Waals surface area contributed by atoms with Gasteiger partial charge >= 0.3 is 0 Å². The van der Waals surface area contributed by atoms with Crippen LogP contribution in [0.15, 0.2) is 16.5 Å². The Balaban J connectivity index is 2.39. The third-order valence-corrected chi connectivity index (χ3v) is 2.68. The summed E-state index contributed by atoms with van der Waals surface area (Å²) in [5.74, 6) is 1.48. The number of furan rings is 1. The molecule has 0 bridgehead atoms. The summed E-state index contributed by atoms with van der Waals surface area (Å²) < 4.78 is 5.35. The number of aliphatic hydroxyl groups excluding tert-OH is 1. The summed E-state index contributed by atoms with van der Waals surface area (Å²) in [6, 6.07) is 4.18. The first kappa shape index (κ1) is 12.3. The van der Waals surface area contributed by atoms with Crippen molar-refractivity contribution in [1.82, 2.24) is 5.32 Å². The molecule has 0 radical (unpaired) electrons. The fourth-order valence-electron chi connectivity index (χ4n) is 1.59. The molecule has 1 aromatic heterocycles. The molecule has 0 amide bonds. The molecule has 0 spiro atoms. The van der Waals surface area contributed by atoms with Gasteiger partial charge in [0.05, 0.1) is 0 Å². The van der Waals surface area contributed by atoms with Crippen molar-refractivity contribution in [2.75, 3.05) is 6.54 Å². The molecule has 1 heterocycles. The van der Waals surface area contributed by atoms with Crippen molar-refractivity contribution >= 4 is 0 Å². The molecule has 2 N–H and O–H groups in total. The number of aliphatic hydroxyl groups is 1. The summed E-state index contributed by atoms with van der Waals surface area (Å²) in [5.41, 5.74) is 0. The summed E-state index contributed by atoms with van der Waals surface area (Å²) in [4.78, 5) is 0. The number of rotatable bonds is 6. The Bertz CT molecular complexity index is 279. The number of hydrogen-bond donors (Lipinski definition) is 2. The van der Waals surface area contributed by atoms with E-state index in [2.05, 4.69) is 19.2 Å². The van der Waals surface area contributed by atoms with E-state index in [1.54, 1.807) is 0 Å². The Hall–Kier alpha value is -0.800. The highest BCUT2D eigenvalue weighted by molar-refractivity contribution is 5.08. The van der Waals surface area contributed by atoms with Gasteiger partial charge in [-0.2, -0.15) is 0 Å². The molecule has 0 fully saturated rings. The number of nitrogens with one attached hydrogen (secondary N) is 1. The van der Waals surface area contributed by atoms with E-state index < -0.39 is 6.10 Å². The topological polar surface area (TPSA) is 45.4 Å². The van der Waals surface area contributed by atoms with Crippen LogP contribution in [0.5, 0.6) is 0 Å². The van der Waals surface area contributed by atoms with Crippen molar-refractivity contribution in [1.29, 1.82) is 0 Å². The monoisotopic (exact) mass is 211 g/mol. The minimum Gasteiger partial charge on any atom is -0.464 e. The van der Waals surface area contributed by atoms with Crippen LogP contribution >= 0.6 is 0 Å². The molecule has 15 heavy (non-hydrogen) atoms. The van der Waals surface area contributed by atoms with Crippen molar-refractivity contribution in [3.63, 3.8) is 0 Å². The summed E-state index contributed by atoms with van der Waals surface area (Å²) in [7, 11) is 0. The fraction of sp³-hybridized carbons (Fsp3) is 0.667. The summed E-state index contributed by atoms with van der Waals surface area (Å²) in [5, 5.41) is 13.1. The van der Waals surface area contributed by atoms with Gasteiger partial charge in [-0.25, -0.2) is 0 Å². The zero-order valence-electron chi connectivity index (χ0n) is 9.79. The summed E-state index contributed by atoms with van der Waals surface area (Å²) >= 11 is 0. The molecule has 0 saturated heterocycles. The van der Waals surface area contributed by atoms with Gasteiger partial charge in [0.1, 0.15) is 17.6 Å². The predicted octanol–water partition coefficient (Wildman–Crippen LogP) is 2.40. The second-order valence-electron chi connectivity index (χ2n) is 3.89. The Morgan fingerprint density at radius 1 is 1.33 bits per heavy atom. The maximum absolute atomic E-state index is 9.82. The first-order valence-corrected chi connectivity index (χ1v) is 5.65. The molecule has 1 aromatic rings. The van der Waals surface area contributed by atoms with Crippen molar-refractivity contribution in [2.24, 2.45) is 0 Å². The van der Waals surface area contributed by atoms with Crippen LogP contribution in [0.1, 0.15) is 44.3 Å². The van der Waals surface area contributed by atoms with Gasteiger partial charge in [0.15, 0.2) is 0 Å². The van der Waals surface area contributed by atoms with E-state index in [-0.39, 0.29) is 0 Å². The minimum atomic E-state index is -0.542. The molecule has 0 aliphatic heterocycles. The summed E-state index contributed by atoms with van der Waals surface area (Å²) in [6.45, 7) is 6.72. The number of hydrogen-bond acceptors (Lipinski definition) is 3. The average Bonchev–Trinajstić information content (AvgIpc) is 2.66. The lowest BCUT2D eigenvalue weighted by molar-refractivity contribution is 0.141.